The van der Waals surface area contributed by atoms with E-state index in [-0.39, 0.29) is 15.6 Å². The molecule has 0 saturated carbocycles. The van der Waals surface area contributed by atoms with Gasteiger partial charge in [0.25, 0.3) is 11.6 Å². The number of nitrogens with one attached hydrogen (secondary N) is 1. The summed E-state index contributed by atoms with van der Waals surface area (Å²) in [5.74, 6) is 0.213. The average Bonchev–Trinajstić information content (AvgIpc) is 3.43. The summed E-state index contributed by atoms with van der Waals surface area (Å²) in [7, 11) is 0. The van der Waals surface area contributed by atoms with Crippen molar-refractivity contribution in [2.45, 2.75) is 6.92 Å². The topological polar surface area (TPSA) is 115 Å². The standard InChI is InChI=1S/C19H11ClN6O3S2/c1-9-22-23-19-25(9)24-18(31-19)10-5-2-3-7-12(10)21-17(27)16-14(20)11-6-4-8-13(26(28)29)15(11)30-16/h2-8H,1H3,(H,21,27). The number of benzene rings is 2. The van der Waals surface area contributed by atoms with Gasteiger partial charge < -0.3 is 5.32 Å². The Bertz CT molecular complexity index is 1510. The summed E-state index contributed by atoms with van der Waals surface area (Å²) in [5, 5.41) is 28.1. The summed E-state index contributed by atoms with van der Waals surface area (Å²) in [5.41, 5.74) is 1.17. The number of anilines is 1. The maximum absolute atomic E-state index is 13.0. The van der Waals surface area contributed by atoms with Crippen LogP contribution in [0.1, 0.15) is 15.5 Å². The lowest BCUT2D eigenvalue weighted by atomic mass is 10.2. The Morgan fingerprint density at radius 1 is 1.16 bits per heavy atom. The Labute approximate surface area is 187 Å². The van der Waals surface area contributed by atoms with Gasteiger partial charge in [0.05, 0.1) is 15.6 Å². The van der Waals surface area contributed by atoms with Crippen LogP contribution in [0, 0.1) is 17.0 Å². The average molecular weight is 471 g/mol. The molecule has 1 amide bonds. The molecule has 0 aliphatic heterocycles. The minimum Gasteiger partial charge on any atom is -0.321 e. The van der Waals surface area contributed by atoms with Gasteiger partial charge in [-0.3, -0.25) is 14.9 Å². The molecule has 0 unspecified atom stereocenters. The number of aryl methyl sites for hydroxylation is 1. The van der Waals surface area contributed by atoms with Crippen LogP contribution < -0.4 is 5.32 Å². The molecule has 5 aromatic rings. The quantitative estimate of drug-likeness (QED) is 0.285. The molecular formula is C19H11ClN6O3S2. The molecule has 3 heterocycles. The van der Waals surface area contributed by atoms with Gasteiger partial charge in [0, 0.05) is 17.0 Å². The van der Waals surface area contributed by atoms with E-state index in [1.165, 1.54) is 17.4 Å². The number of hydrogen-bond acceptors (Lipinski definition) is 8. The number of para-hydroxylation sites is 1. The first-order valence-electron chi connectivity index (χ1n) is 8.89. The fraction of sp³-hybridized carbons (Fsp3) is 0.0526. The molecule has 0 aliphatic carbocycles. The summed E-state index contributed by atoms with van der Waals surface area (Å²) in [6.45, 7) is 1.81. The highest BCUT2D eigenvalue weighted by atomic mass is 35.5. The Morgan fingerprint density at radius 2 is 1.97 bits per heavy atom. The third kappa shape index (κ3) is 3.23. The monoisotopic (exact) mass is 470 g/mol. The second kappa shape index (κ2) is 7.38. The third-order valence-electron chi connectivity index (χ3n) is 4.59. The molecule has 9 nitrogen and oxygen atoms in total. The smallest absolute Gasteiger partial charge is 0.287 e. The molecule has 0 radical (unpaired) electrons. The zero-order valence-corrected chi connectivity index (χ0v) is 18.1. The summed E-state index contributed by atoms with van der Waals surface area (Å²) < 4.78 is 2.00. The van der Waals surface area contributed by atoms with E-state index in [2.05, 4.69) is 20.6 Å². The number of nitrogens with zero attached hydrogens (tertiary/aromatic N) is 5. The highest BCUT2D eigenvalue weighted by Gasteiger charge is 2.23. The van der Waals surface area contributed by atoms with Gasteiger partial charge in [-0.25, -0.2) is 0 Å². The van der Waals surface area contributed by atoms with Crippen molar-refractivity contribution in [3.05, 3.63) is 68.3 Å². The first-order valence-corrected chi connectivity index (χ1v) is 10.9. The number of aromatic nitrogens is 4. The zero-order valence-electron chi connectivity index (χ0n) is 15.7. The summed E-state index contributed by atoms with van der Waals surface area (Å²) in [4.78, 5) is 24.7. The Kier molecular flexibility index (Phi) is 4.65. The highest BCUT2D eigenvalue weighted by Crippen LogP contribution is 2.41. The predicted molar refractivity (Wildman–Crippen MR) is 120 cm³/mol. The van der Waals surface area contributed by atoms with Crippen molar-refractivity contribution in [3.8, 4) is 10.6 Å². The Balaban J connectivity index is 1.54. The van der Waals surface area contributed by atoms with Crippen molar-refractivity contribution in [3.63, 3.8) is 0 Å². The van der Waals surface area contributed by atoms with Gasteiger partial charge in [0.2, 0.25) is 4.96 Å². The van der Waals surface area contributed by atoms with Gasteiger partial charge in [-0.1, -0.05) is 47.2 Å². The molecule has 154 valence electrons. The fourth-order valence-electron chi connectivity index (χ4n) is 3.15. The molecule has 0 saturated heterocycles. The molecule has 0 atom stereocenters. The summed E-state index contributed by atoms with van der Waals surface area (Å²) >= 11 is 8.75. The van der Waals surface area contributed by atoms with E-state index in [1.54, 1.807) is 35.7 Å². The van der Waals surface area contributed by atoms with E-state index in [4.69, 9.17) is 11.6 Å². The number of nitro groups is 1. The number of nitro benzene ring substituents is 1. The lowest BCUT2D eigenvalue weighted by Crippen LogP contribution is -2.11. The molecule has 31 heavy (non-hydrogen) atoms. The van der Waals surface area contributed by atoms with Crippen LogP contribution in [0.4, 0.5) is 11.4 Å². The summed E-state index contributed by atoms with van der Waals surface area (Å²) in [6, 6.07) is 11.8. The van der Waals surface area contributed by atoms with Crippen LogP contribution in [0.3, 0.4) is 0 Å². The van der Waals surface area contributed by atoms with E-state index in [1.807, 2.05) is 12.1 Å². The van der Waals surface area contributed by atoms with Gasteiger partial charge in [-0.2, -0.15) is 9.61 Å². The molecule has 3 aromatic heterocycles. The third-order valence-corrected chi connectivity index (χ3v) is 7.25. The molecule has 5 rings (SSSR count). The van der Waals surface area contributed by atoms with E-state index in [0.717, 1.165) is 11.3 Å². The Morgan fingerprint density at radius 3 is 2.74 bits per heavy atom. The van der Waals surface area contributed by atoms with Crippen molar-refractivity contribution in [1.29, 1.82) is 0 Å². The van der Waals surface area contributed by atoms with Crippen LogP contribution in [0.2, 0.25) is 5.02 Å². The largest absolute Gasteiger partial charge is 0.321 e. The van der Waals surface area contributed by atoms with Crippen molar-refractivity contribution in [1.82, 2.24) is 19.8 Å². The van der Waals surface area contributed by atoms with Crippen molar-refractivity contribution >= 4 is 66.6 Å². The van der Waals surface area contributed by atoms with Gasteiger partial charge >= 0.3 is 0 Å². The number of fused-ring (bicyclic) bond motifs is 2. The number of rotatable bonds is 4. The van der Waals surface area contributed by atoms with Crippen LogP contribution in [0.5, 0.6) is 0 Å². The molecule has 0 spiro atoms. The normalized spacial score (nSPS) is 11.3. The van der Waals surface area contributed by atoms with E-state index >= 15 is 0 Å². The van der Waals surface area contributed by atoms with Crippen molar-refractivity contribution in [2.24, 2.45) is 0 Å². The van der Waals surface area contributed by atoms with Gasteiger partial charge in [-0.15, -0.1) is 21.5 Å². The van der Waals surface area contributed by atoms with Crippen LogP contribution in [-0.4, -0.2) is 30.6 Å². The van der Waals surface area contributed by atoms with E-state index < -0.39 is 10.8 Å². The SMILES string of the molecule is Cc1nnc2sc(-c3ccccc3NC(=O)c3sc4c([N+](=O)[O-])cccc4c3Cl)nn12. The molecule has 0 fully saturated rings. The predicted octanol–water partition coefficient (Wildman–Crippen LogP) is 5.19. The van der Waals surface area contributed by atoms with Gasteiger partial charge in [-0.05, 0) is 19.1 Å². The van der Waals surface area contributed by atoms with Gasteiger partial charge in [0.1, 0.15) is 14.6 Å². The first-order chi connectivity index (χ1) is 14.9. The number of hydrogen-bond donors (Lipinski definition) is 1. The fourth-order valence-corrected chi connectivity index (χ4v) is 5.56. The van der Waals surface area contributed by atoms with Crippen LogP contribution >= 0.6 is 34.3 Å². The first kappa shape index (κ1) is 19.5. The number of amides is 1. The molecule has 0 bridgehead atoms. The molecular weight excluding hydrogens is 460 g/mol. The number of thiophene rings is 1. The summed E-state index contributed by atoms with van der Waals surface area (Å²) in [6.07, 6.45) is 0. The van der Waals surface area contributed by atoms with Crippen molar-refractivity contribution in [2.75, 3.05) is 5.32 Å². The molecule has 1 N–H and O–H groups in total. The lowest BCUT2D eigenvalue weighted by molar-refractivity contribution is -0.382. The molecule has 2 aromatic carbocycles. The second-order valence-corrected chi connectivity index (χ2v) is 8.86. The van der Waals surface area contributed by atoms with Gasteiger partial charge in [0.15, 0.2) is 5.82 Å². The number of halogens is 1. The number of carbonyl (C=O) groups is 1. The lowest BCUT2D eigenvalue weighted by Gasteiger charge is -2.08. The van der Waals surface area contributed by atoms with E-state index in [9.17, 15) is 14.9 Å². The van der Waals surface area contributed by atoms with Crippen LogP contribution in [0.15, 0.2) is 42.5 Å². The Hall–Kier alpha value is -3.41. The minimum absolute atomic E-state index is 0.0843. The number of non-ortho nitro benzene ring substituents is 1. The maximum atomic E-state index is 13.0. The molecule has 12 heteroatoms. The van der Waals surface area contributed by atoms with Crippen LogP contribution in [-0.2, 0) is 0 Å². The highest BCUT2D eigenvalue weighted by molar-refractivity contribution is 7.22. The van der Waals surface area contributed by atoms with Crippen LogP contribution in [0.25, 0.3) is 25.6 Å². The van der Waals surface area contributed by atoms with E-state index in [0.29, 0.717) is 37.1 Å². The minimum atomic E-state index is -0.484. The zero-order chi connectivity index (χ0) is 21.7. The second-order valence-electron chi connectivity index (χ2n) is 6.50. The number of carbonyl (C=O) groups excluding carboxylic acids is 1. The van der Waals surface area contributed by atoms with Crippen molar-refractivity contribution < 1.29 is 9.72 Å². The maximum Gasteiger partial charge on any atom is 0.287 e. The molecule has 0 aliphatic rings.